The molecule has 0 unspecified atom stereocenters. The molecule has 1 aromatic heterocycles. The van der Waals surface area contributed by atoms with Crippen LogP contribution in [-0.2, 0) is 0 Å². The molecule has 7 nitrogen and oxygen atoms in total. The number of nitriles is 1. The van der Waals surface area contributed by atoms with Crippen molar-refractivity contribution in [2.45, 2.75) is 5.16 Å². The Labute approximate surface area is 147 Å². The SMILES string of the molecule is C#CCSc1nc(NNC(N)=O)c(C#N)c(-c2ccc(Cl)cc2)n1. The molecule has 9 heteroatoms. The number of thioether (sulfide) groups is 1. The van der Waals surface area contributed by atoms with Gasteiger partial charge in [-0.25, -0.2) is 14.8 Å². The largest absolute Gasteiger partial charge is 0.350 e. The third-order valence-electron chi connectivity index (χ3n) is 2.71. The molecule has 0 bridgehead atoms. The number of rotatable bonds is 5. The summed E-state index contributed by atoms with van der Waals surface area (Å²) < 4.78 is 0. The van der Waals surface area contributed by atoms with E-state index in [0.29, 0.717) is 27.2 Å². The lowest BCUT2D eigenvalue weighted by Gasteiger charge is -2.12. The number of nitrogens with two attached hydrogens (primary N) is 1. The van der Waals surface area contributed by atoms with Crippen LogP contribution >= 0.6 is 23.4 Å². The summed E-state index contributed by atoms with van der Waals surface area (Å²) in [7, 11) is 0. The van der Waals surface area contributed by atoms with Gasteiger partial charge in [0.25, 0.3) is 0 Å². The van der Waals surface area contributed by atoms with E-state index < -0.39 is 6.03 Å². The third kappa shape index (κ3) is 4.29. The lowest BCUT2D eigenvalue weighted by atomic mass is 10.1. The van der Waals surface area contributed by atoms with Crippen LogP contribution in [0.1, 0.15) is 5.56 Å². The van der Waals surface area contributed by atoms with Gasteiger partial charge < -0.3 is 5.73 Å². The summed E-state index contributed by atoms with van der Waals surface area (Å²) in [4.78, 5) is 19.5. The Kier molecular flexibility index (Phi) is 5.85. The molecule has 0 aliphatic carbocycles. The predicted octanol–water partition coefficient (Wildman–Crippen LogP) is 2.39. The number of nitrogens with one attached hydrogen (secondary N) is 2. The van der Waals surface area contributed by atoms with E-state index in [1.165, 1.54) is 11.8 Å². The summed E-state index contributed by atoms with van der Waals surface area (Å²) in [5.41, 5.74) is 10.9. The average molecular weight is 359 g/mol. The first-order chi connectivity index (χ1) is 11.5. The second kappa shape index (κ2) is 8.06. The first kappa shape index (κ1) is 17.4. The Balaban J connectivity index is 2.55. The van der Waals surface area contributed by atoms with Crippen molar-refractivity contribution >= 4 is 35.2 Å². The fourth-order valence-corrected chi connectivity index (χ4v) is 2.39. The van der Waals surface area contributed by atoms with Gasteiger partial charge in [-0.2, -0.15) is 5.26 Å². The van der Waals surface area contributed by atoms with Crippen molar-refractivity contribution in [1.29, 1.82) is 5.26 Å². The van der Waals surface area contributed by atoms with Gasteiger partial charge in [-0.05, 0) is 12.1 Å². The molecule has 1 heterocycles. The zero-order valence-corrected chi connectivity index (χ0v) is 13.8. The Morgan fingerprint density at radius 2 is 2.08 bits per heavy atom. The van der Waals surface area contributed by atoms with Crippen LogP contribution in [0.5, 0.6) is 0 Å². The molecule has 0 saturated carbocycles. The van der Waals surface area contributed by atoms with E-state index in [1.54, 1.807) is 24.3 Å². The van der Waals surface area contributed by atoms with Gasteiger partial charge in [0.15, 0.2) is 11.0 Å². The summed E-state index contributed by atoms with van der Waals surface area (Å²) in [5, 5.41) is 10.4. The minimum atomic E-state index is -0.816. The Hall–Kier alpha value is -2.94. The molecule has 4 N–H and O–H groups in total. The maximum absolute atomic E-state index is 10.9. The van der Waals surface area contributed by atoms with Crippen LogP contribution in [0.3, 0.4) is 0 Å². The second-order valence-corrected chi connectivity index (χ2v) is 5.68. The number of carbonyl (C=O) groups is 1. The highest BCUT2D eigenvalue weighted by Crippen LogP contribution is 2.29. The molecule has 0 fully saturated rings. The minimum Gasteiger partial charge on any atom is -0.350 e. The number of terminal acetylenes is 1. The lowest BCUT2D eigenvalue weighted by molar-refractivity contribution is 0.250. The molecular formula is C15H11ClN6OS. The lowest BCUT2D eigenvalue weighted by Crippen LogP contribution is -2.35. The summed E-state index contributed by atoms with van der Waals surface area (Å²) in [6, 6.07) is 8.03. The maximum Gasteiger partial charge on any atom is 0.330 e. The molecule has 2 amide bonds. The van der Waals surface area contributed by atoms with E-state index in [1.807, 2.05) is 6.07 Å². The van der Waals surface area contributed by atoms with Crippen molar-refractivity contribution in [2.75, 3.05) is 11.2 Å². The Morgan fingerprint density at radius 1 is 1.38 bits per heavy atom. The number of primary amides is 1. The zero-order valence-electron chi connectivity index (χ0n) is 12.2. The van der Waals surface area contributed by atoms with Gasteiger partial charge in [0.05, 0.1) is 11.4 Å². The molecule has 0 saturated heterocycles. The van der Waals surface area contributed by atoms with Crippen molar-refractivity contribution in [3.05, 3.63) is 34.9 Å². The van der Waals surface area contributed by atoms with Crippen molar-refractivity contribution in [3.63, 3.8) is 0 Å². The molecule has 0 atom stereocenters. The van der Waals surface area contributed by atoms with Crippen LogP contribution in [0, 0.1) is 23.7 Å². The highest BCUT2D eigenvalue weighted by atomic mass is 35.5. The van der Waals surface area contributed by atoms with Crippen LogP contribution < -0.4 is 16.6 Å². The summed E-state index contributed by atoms with van der Waals surface area (Å²) in [6.07, 6.45) is 5.25. The van der Waals surface area contributed by atoms with Gasteiger partial charge in [0, 0.05) is 10.6 Å². The fourth-order valence-electron chi connectivity index (χ4n) is 1.74. The maximum atomic E-state index is 10.9. The minimum absolute atomic E-state index is 0.121. The zero-order chi connectivity index (χ0) is 17.5. The number of hydrogen-bond donors (Lipinski definition) is 3. The monoisotopic (exact) mass is 358 g/mol. The smallest absolute Gasteiger partial charge is 0.330 e. The molecule has 0 aliphatic heterocycles. The van der Waals surface area contributed by atoms with Gasteiger partial charge in [-0.15, -0.1) is 6.42 Å². The van der Waals surface area contributed by atoms with Crippen LogP contribution in [0.2, 0.25) is 5.02 Å². The summed E-state index contributed by atoms with van der Waals surface area (Å²) >= 11 is 7.11. The number of amides is 2. The molecule has 0 radical (unpaired) electrons. The molecule has 0 spiro atoms. The quantitative estimate of drug-likeness (QED) is 0.327. The summed E-state index contributed by atoms with van der Waals surface area (Å²) in [5.74, 6) is 2.95. The summed E-state index contributed by atoms with van der Waals surface area (Å²) in [6.45, 7) is 0. The van der Waals surface area contributed by atoms with E-state index in [-0.39, 0.29) is 11.4 Å². The standard InChI is InChI=1S/C15H11ClN6OS/c1-2-7-24-15-19-12(9-3-5-10(16)6-4-9)11(8-17)13(20-15)21-22-14(18)23/h1,3-6H,7H2,(H3,18,22,23)(H,19,20,21). The van der Waals surface area contributed by atoms with Crippen molar-refractivity contribution in [1.82, 2.24) is 15.4 Å². The average Bonchev–Trinajstić information content (AvgIpc) is 2.58. The first-order valence-electron chi connectivity index (χ1n) is 6.51. The molecule has 2 aromatic rings. The first-order valence-corrected chi connectivity index (χ1v) is 7.87. The van der Waals surface area contributed by atoms with Crippen molar-refractivity contribution in [3.8, 4) is 29.7 Å². The van der Waals surface area contributed by atoms with Gasteiger partial charge >= 0.3 is 6.03 Å². The van der Waals surface area contributed by atoms with Crippen LogP contribution in [-0.4, -0.2) is 21.8 Å². The number of hydrazine groups is 1. The van der Waals surface area contributed by atoms with Gasteiger partial charge in [-0.1, -0.05) is 41.4 Å². The Bertz CT molecular complexity index is 841. The van der Waals surface area contributed by atoms with Gasteiger partial charge in [0.2, 0.25) is 0 Å². The topological polar surface area (TPSA) is 117 Å². The number of hydrogen-bond acceptors (Lipinski definition) is 6. The number of anilines is 1. The highest BCUT2D eigenvalue weighted by Gasteiger charge is 2.16. The number of urea groups is 1. The van der Waals surface area contributed by atoms with Crippen LogP contribution in [0.15, 0.2) is 29.4 Å². The number of benzene rings is 1. The van der Waals surface area contributed by atoms with E-state index in [2.05, 4.69) is 26.7 Å². The van der Waals surface area contributed by atoms with Gasteiger partial charge in [0.1, 0.15) is 11.6 Å². The molecular weight excluding hydrogens is 348 g/mol. The molecule has 120 valence electrons. The third-order valence-corrected chi connectivity index (χ3v) is 3.71. The molecule has 1 aromatic carbocycles. The van der Waals surface area contributed by atoms with Crippen LogP contribution in [0.25, 0.3) is 11.3 Å². The number of carbonyl (C=O) groups excluding carboxylic acids is 1. The van der Waals surface area contributed by atoms with E-state index in [0.717, 1.165) is 0 Å². The van der Waals surface area contributed by atoms with Gasteiger partial charge in [-0.3, -0.25) is 10.9 Å². The van der Waals surface area contributed by atoms with E-state index >= 15 is 0 Å². The normalized spacial score (nSPS) is 9.62. The van der Waals surface area contributed by atoms with Crippen molar-refractivity contribution in [2.24, 2.45) is 5.73 Å². The second-order valence-electron chi connectivity index (χ2n) is 4.30. The number of halogens is 1. The Morgan fingerprint density at radius 3 is 2.67 bits per heavy atom. The molecule has 0 aliphatic rings. The van der Waals surface area contributed by atoms with Crippen LogP contribution in [0.4, 0.5) is 10.6 Å². The predicted molar refractivity (Wildman–Crippen MR) is 93.1 cm³/mol. The highest BCUT2D eigenvalue weighted by molar-refractivity contribution is 7.99. The molecule has 2 rings (SSSR count). The number of aromatic nitrogens is 2. The van der Waals surface area contributed by atoms with E-state index in [9.17, 15) is 10.1 Å². The molecule has 24 heavy (non-hydrogen) atoms. The van der Waals surface area contributed by atoms with Crippen molar-refractivity contribution < 1.29 is 4.79 Å². The fraction of sp³-hybridized carbons (Fsp3) is 0.0667. The van der Waals surface area contributed by atoms with E-state index in [4.69, 9.17) is 23.8 Å². The number of nitrogens with zero attached hydrogens (tertiary/aromatic N) is 3.